The lowest BCUT2D eigenvalue weighted by molar-refractivity contribution is -0.118. The van der Waals surface area contributed by atoms with Gasteiger partial charge in [0.15, 0.2) is 0 Å². The molecule has 2 N–H and O–H groups in total. The van der Waals surface area contributed by atoms with Gasteiger partial charge in [0.05, 0.1) is 25.5 Å². The van der Waals surface area contributed by atoms with Crippen LogP contribution in [0.5, 0.6) is 0 Å². The van der Waals surface area contributed by atoms with Crippen LogP contribution in [0.4, 0.5) is 11.4 Å². The minimum atomic E-state index is -0.0487. The minimum Gasteiger partial charge on any atom is -0.379 e. The van der Waals surface area contributed by atoms with Gasteiger partial charge in [0.25, 0.3) is 0 Å². The number of morpholine rings is 1. The second-order valence-corrected chi connectivity index (χ2v) is 8.79. The Morgan fingerprint density at radius 3 is 2.22 bits per heavy atom. The highest BCUT2D eigenvalue weighted by molar-refractivity contribution is 5.93. The van der Waals surface area contributed by atoms with E-state index in [9.17, 15) is 9.59 Å². The third-order valence-electron chi connectivity index (χ3n) is 5.59. The van der Waals surface area contributed by atoms with Crippen molar-refractivity contribution in [1.82, 2.24) is 14.7 Å². The van der Waals surface area contributed by atoms with Gasteiger partial charge in [-0.3, -0.25) is 19.2 Å². The van der Waals surface area contributed by atoms with Crippen molar-refractivity contribution in [2.24, 2.45) is 5.92 Å². The van der Waals surface area contributed by atoms with E-state index in [-0.39, 0.29) is 11.8 Å². The number of hydrogen-bond donors (Lipinski definition) is 2. The number of nitrogens with zero attached hydrogens (tertiary/aromatic N) is 3. The van der Waals surface area contributed by atoms with E-state index in [1.807, 2.05) is 11.6 Å². The molecule has 1 fully saturated rings. The fourth-order valence-electron chi connectivity index (χ4n) is 3.88. The van der Waals surface area contributed by atoms with E-state index >= 15 is 0 Å². The predicted octanol–water partition coefficient (Wildman–Crippen LogP) is 3.00. The number of nitrogens with one attached hydrogen (secondary N) is 2. The molecule has 174 valence electrons. The molecule has 2 amide bonds. The van der Waals surface area contributed by atoms with E-state index in [4.69, 9.17) is 4.74 Å². The van der Waals surface area contributed by atoms with Crippen molar-refractivity contribution >= 4 is 23.2 Å². The number of amides is 2. The van der Waals surface area contributed by atoms with Crippen molar-refractivity contribution in [1.29, 1.82) is 0 Å². The van der Waals surface area contributed by atoms with E-state index < -0.39 is 0 Å². The second kappa shape index (κ2) is 11.2. The summed E-state index contributed by atoms with van der Waals surface area (Å²) in [6, 6.07) is 7.22. The van der Waals surface area contributed by atoms with Crippen LogP contribution in [-0.2, 0) is 27.3 Å². The van der Waals surface area contributed by atoms with Crippen LogP contribution in [0.15, 0.2) is 24.3 Å². The van der Waals surface area contributed by atoms with Gasteiger partial charge < -0.3 is 15.4 Å². The number of aryl methyl sites for hydroxylation is 1. The molecule has 1 saturated heterocycles. The van der Waals surface area contributed by atoms with E-state index in [1.165, 1.54) is 0 Å². The molecule has 3 rings (SSSR count). The molecule has 0 atom stereocenters. The monoisotopic (exact) mass is 441 g/mol. The summed E-state index contributed by atoms with van der Waals surface area (Å²) in [6.45, 7) is 12.5. The Morgan fingerprint density at radius 2 is 1.62 bits per heavy atom. The van der Waals surface area contributed by atoms with Gasteiger partial charge in [0.2, 0.25) is 11.8 Å². The highest BCUT2D eigenvalue weighted by Crippen LogP contribution is 2.18. The molecule has 0 bridgehead atoms. The van der Waals surface area contributed by atoms with Gasteiger partial charge >= 0.3 is 0 Å². The first-order valence-corrected chi connectivity index (χ1v) is 11.3. The standard InChI is InChI=1S/C24H35N5O3/c1-17(2)15-29-19(4)22(18(3)27-29)9-10-23(30)25-20-5-7-21(8-6-20)26-24(31)16-28-11-13-32-14-12-28/h5-8,17H,9-16H2,1-4H3,(H,25,30)(H,26,31). The Kier molecular flexibility index (Phi) is 8.41. The van der Waals surface area contributed by atoms with Crippen molar-refractivity contribution in [2.75, 3.05) is 43.5 Å². The molecule has 2 aromatic rings. The molecule has 0 saturated carbocycles. The quantitative estimate of drug-likeness (QED) is 0.625. The van der Waals surface area contributed by atoms with E-state index in [0.29, 0.717) is 49.9 Å². The molecule has 0 aliphatic carbocycles. The minimum absolute atomic E-state index is 0.0375. The zero-order valence-electron chi connectivity index (χ0n) is 19.6. The number of anilines is 2. The summed E-state index contributed by atoms with van der Waals surface area (Å²) in [5.41, 5.74) is 4.71. The molecule has 0 spiro atoms. The lowest BCUT2D eigenvalue weighted by Crippen LogP contribution is -2.41. The van der Waals surface area contributed by atoms with E-state index in [2.05, 4.69) is 41.4 Å². The molecule has 1 aliphatic rings. The van der Waals surface area contributed by atoms with Crippen LogP contribution < -0.4 is 10.6 Å². The Bertz CT molecular complexity index is 914. The summed E-state index contributed by atoms with van der Waals surface area (Å²) in [6.07, 6.45) is 1.06. The van der Waals surface area contributed by atoms with Gasteiger partial charge in [-0.25, -0.2) is 0 Å². The number of ether oxygens (including phenoxy) is 1. The average Bonchev–Trinajstić information content (AvgIpc) is 3.00. The van der Waals surface area contributed by atoms with E-state index in [0.717, 1.165) is 36.6 Å². The van der Waals surface area contributed by atoms with Crippen LogP contribution >= 0.6 is 0 Å². The molecule has 8 nitrogen and oxygen atoms in total. The number of aromatic nitrogens is 2. The van der Waals surface area contributed by atoms with Gasteiger partial charge in [0.1, 0.15) is 0 Å². The Morgan fingerprint density at radius 1 is 1.03 bits per heavy atom. The maximum absolute atomic E-state index is 12.5. The third-order valence-corrected chi connectivity index (χ3v) is 5.59. The molecule has 1 aliphatic heterocycles. The maximum atomic E-state index is 12.5. The van der Waals surface area contributed by atoms with Gasteiger partial charge in [0, 0.05) is 43.1 Å². The van der Waals surface area contributed by atoms with Crippen LogP contribution in [-0.4, -0.2) is 59.3 Å². The summed E-state index contributed by atoms with van der Waals surface area (Å²) in [4.78, 5) is 26.7. The first-order chi connectivity index (χ1) is 15.3. The predicted molar refractivity (Wildman–Crippen MR) is 126 cm³/mol. The van der Waals surface area contributed by atoms with Crippen molar-refractivity contribution in [3.05, 3.63) is 41.2 Å². The average molecular weight is 442 g/mol. The Labute approximate surface area is 190 Å². The summed E-state index contributed by atoms with van der Waals surface area (Å²) in [5, 5.41) is 10.5. The summed E-state index contributed by atoms with van der Waals surface area (Å²) in [5.74, 6) is 0.438. The highest BCUT2D eigenvalue weighted by atomic mass is 16.5. The number of hydrogen-bond acceptors (Lipinski definition) is 5. The largest absolute Gasteiger partial charge is 0.379 e. The lowest BCUT2D eigenvalue weighted by atomic mass is 10.1. The Balaban J connectivity index is 1.46. The molecule has 0 radical (unpaired) electrons. The van der Waals surface area contributed by atoms with Crippen molar-refractivity contribution < 1.29 is 14.3 Å². The lowest BCUT2D eigenvalue weighted by Gasteiger charge is -2.25. The summed E-state index contributed by atoms with van der Waals surface area (Å²) >= 11 is 0. The summed E-state index contributed by atoms with van der Waals surface area (Å²) in [7, 11) is 0. The van der Waals surface area contributed by atoms with Crippen LogP contribution in [0.2, 0.25) is 0 Å². The van der Waals surface area contributed by atoms with Gasteiger partial charge in [-0.15, -0.1) is 0 Å². The van der Waals surface area contributed by atoms with Crippen LogP contribution in [0.3, 0.4) is 0 Å². The van der Waals surface area contributed by atoms with Gasteiger partial charge in [-0.05, 0) is 56.0 Å². The third kappa shape index (κ3) is 6.90. The normalized spacial score (nSPS) is 14.5. The fourth-order valence-corrected chi connectivity index (χ4v) is 3.88. The van der Waals surface area contributed by atoms with Crippen molar-refractivity contribution in [2.45, 2.75) is 47.1 Å². The number of carbonyl (C=O) groups excluding carboxylic acids is 2. The van der Waals surface area contributed by atoms with Crippen LogP contribution in [0.25, 0.3) is 0 Å². The molecular formula is C24H35N5O3. The Hall–Kier alpha value is -2.71. The number of benzene rings is 1. The molecule has 0 unspecified atom stereocenters. The second-order valence-electron chi connectivity index (χ2n) is 8.79. The molecule has 8 heteroatoms. The maximum Gasteiger partial charge on any atom is 0.238 e. The SMILES string of the molecule is Cc1nn(CC(C)C)c(C)c1CCC(=O)Nc1ccc(NC(=O)CN2CCOCC2)cc1. The zero-order chi connectivity index (χ0) is 23.1. The molecule has 32 heavy (non-hydrogen) atoms. The molecule has 1 aromatic heterocycles. The van der Waals surface area contributed by atoms with Gasteiger partial charge in [-0.1, -0.05) is 13.8 Å². The molecular weight excluding hydrogens is 406 g/mol. The first-order valence-electron chi connectivity index (χ1n) is 11.3. The summed E-state index contributed by atoms with van der Waals surface area (Å²) < 4.78 is 7.34. The fraction of sp³-hybridized carbons (Fsp3) is 0.542. The van der Waals surface area contributed by atoms with Crippen LogP contribution in [0.1, 0.15) is 37.2 Å². The van der Waals surface area contributed by atoms with Crippen molar-refractivity contribution in [3.63, 3.8) is 0 Å². The number of carbonyl (C=O) groups is 2. The van der Waals surface area contributed by atoms with E-state index in [1.54, 1.807) is 24.3 Å². The van der Waals surface area contributed by atoms with Crippen LogP contribution in [0, 0.1) is 19.8 Å². The number of rotatable bonds is 9. The molecule has 2 heterocycles. The molecule has 1 aromatic carbocycles. The first kappa shape index (κ1) is 23.9. The highest BCUT2D eigenvalue weighted by Gasteiger charge is 2.15. The topological polar surface area (TPSA) is 88.5 Å². The van der Waals surface area contributed by atoms with Gasteiger partial charge in [-0.2, -0.15) is 5.10 Å². The smallest absolute Gasteiger partial charge is 0.238 e. The van der Waals surface area contributed by atoms with Crippen molar-refractivity contribution in [3.8, 4) is 0 Å². The zero-order valence-corrected chi connectivity index (χ0v) is 19.6.